The van der Waals surface area contributed by atoms with Crippen LogP contribution in [0.5, 0.6) is 0 Å². The van der Waals surface area contributed by atoms with Crippen LogP contribution in [0.3, 0.4) is 0 Å². The molecule has 2 atom stereocenters. The molecule has 3 heterocycles. The van der Waals surface area contributed by atoms with Gasteiger partial charge in [0, 0.05) is 25.7 Å². The number of carbonyl (C=O) groups is 1. The molecule has 4 rings (SSSR count). The number of nitrogens with one attached hydrogen (secondary N) is 1. The zero-order valence-corrected chi connectivity index (χ0v) is 17.9. The highest BCUT2D eigenvalue weighted by atomic mass is 16.5. The summed E-state index contributed by atoms with van der Waals surface area (Å²) in [6.07, 6.45) is 2.40. The molecule has 0 unspecified atom stereocenters. The average Bonchev–Trinajstić information content (AvgIpc) is 3.44. The number of hydrogen-bond donors (Lipinski definition) is 1. The lowest BCUT2D eigenvalue weighted by Crippen LogP contribution is -2.32. The van der Waals surface area contributed by atoms with Crippen molar-refractivity contribution in [2.24, 2.45) is 0 Å². The molecule has 1 amide bonds. The minimum absolute atomic E-state index is 0.0543. The molecular formula is C22H28N6O2. The second-order valence-corrected chi connectivity index (χ2v) is 7.89. The monoisotopic (exact) mass is 408 g/mol. The number of aromatic amines is 1. The molecule has 8 heteroatoms. The number of likely N-dealkylation sites (tertiary alicyclic amines) is 1. The van der Waals surface area contributed by atoms with E-state index in [-0.39, 0.29) is 18.1 Å². The Morgan fingerprint density at radius 3 is 2.80 bits per heavy atom. The van der Waals surface area contributed by atoms with Crippen LogP contribution in [-0.4, -0.2) is 48.4 Å². The molecule has 0 spiro atoms. The number of aromatic nitrogens is 5. The number of H-pyrrole nitrogens is 1. The molecule has 3 aromatic rings. The summed E-state index contributed by atoms with van der Waals surface area (Å²) < 4.78 is 7.98. The van der Waals surface area contributed by atoms with Gasteiger partial charge in [0.2, 0.25) is 0 Å². The minimum Gasteiger partial charge on any atom is -0.372 e. The van der Waals surface area contributed by atoms with Crippen molar-refractivity contribution in [1.82, 2.24) is 29.9 Å². The molecule has 1 N–H and O–H groups in total. The number of amides is 1. The van der Waals surface area contributed by atoms with Gasteiger partial charge in [0.05, 0.1) is 30.0 Å². The summed E-state index contributed by atoms with van der Waals surface area (Å²) in [7, 11) is 0. The van der Waals surface area contributed by atoms with Crippen molar-refractivity contribution >= 4 is 5.91 Å². The van der Waals surface area contributed by atoms with E-state index in [9.17, 15) is 4.79 Å². The van der Waals surface area contributed by atoms with Gasteiger partial charge in [-0.15, -0.1) is 0 Å². The topological polar surface area (TPSA) is 88.9 Å². The summed E-state index contributed by atoms with van der Waals surface area (Å²) >= 11 is 0. The van der Waals surface area contributed by atoms with E-state index in [1.807, 2.05) is 37.9 Å². The molecule has 8 nitrogen and oxygen atoms in total. The van der Waals surface area contributed by atoms with Crippen molar-refractivity contribution < 1.29 is 9.53 Å². The lowest BCUT2D eigenvalue weighted by Gasteiger charge is -2.22. The van der Waals surface area contributed by atoms with Gasteiger partial charge in [-0.2, -0.15) is 10.2 Å². The maximum absolute atomic E-state index is 13.4. The fourth-order valence-corrected chi connectivity index (χ4v) is 3.96. The van der Waals surface area contributed by atoms with E-state index in [4.69, 9.17) is 4.74 Å². The second-order valence-electron chi connectivity index (χ2n) is 7.89. The van der Waals surface area contributed by atoms with Crippen LogP contribution in [0.2, 0.25) is 0 Å². The van der Waals surface area contributed by atoms with Crippen molar-refractivity contribution in [2.75, 3.05) is 6.54 Å². The number of aryl methyl sites for hydroxylation is 4. The summed E-state index contributed by atoms with van der Waals surface area (Å²) in [6.45, 7) is 9.54. The van der Waals surface area contributed by atoms with Gasteiger partial charge in [-0.3, -0.25) is 14.6 Å². The van der Waals surface area contributed by atoms with Crippen molar-refractivity contribution in [2.45, 2.75) is 59.4 Å². The molecule has 0 saturated carbocycles. The van der Waals surface area contributed by atoms with E-state index >= 15 is 0 Å². The van der Waals surface area contributed by atoms with E-state index in [2.05, 4.69) is 45.4 Å². The summed E-state index contributed by atoms with van der Waals surface area (Å²) in [5.41, 5.74) is 3.69. The molecule has 1 aliphatic heterocycles. The van der Waals surface area contributed by atoms with Gasteiger partial charge in [-0.05, 0) is 33.3 Å². The molecule has 1 aliphatic rings. The van der Waals surface area contributed by atoms with E-state index < -0.39 is 0 Å². The van der Waals surface area contributed by atoms with Crippen LogP contribution in [0.1, 0.15) is 58.2 Å². The predicted octanol–water partition coefficient (Wildman–Crippen LogP) is 3.12. The largest absolute Gasteiger partial charge is 0.372 e. The van der Waals surface area contributed by atoms with Crippen molar-refractivity contribution in [3.8, 4) is 0 Å². The molecule has 158 valence electrons. The Morgan fingerprint density at radius 1 is 1.30 bits per heavy atom. The van der Waals surface area contributed by atoms with Gasteiger partial charge >= 0.3 is 0 Å². The molecular weight excluding hydrogens is 380 g/mol. The lowest BCUT2D eigenvalue weighted by molar-refractivity contribution is 0.0437. The number of ether oxygens (including phenoxy) is 1. The Morgan fingerprint density at radius 2 is 2.13 bits per heavy atom. The molecule has 1 aromatic carbocycles. The van der Waals surface area contributed by atoms with E-state index in [0.717, 1.165) is 23.6 Å². The Bertz CT molecular complexity index is 1040. The number of rotatable bonds is 6. The normalized spacial score (nSPS) is 18.9. The summed E-state index contributed by atoms with van der Waals surface area (Å²) in [4.78, 5) is 19.7. The Labute approximate surface area is 176 Å². The quantitative estimate of drug-likeness (QED) is 0.677. The van der Waals surface area contributed by atoms with Crippen LogP contribution in [-0.2, 0) is 17.9 Å². The maximum atomic E-state index is 13.4. The van der Waals surface area contributed by atoms with Gasteiger partial charge in [0.25, 0.3) is 5.91 Å². The molecule has 0 radical (unpaired) electrons. The van der Waals surface area contributed by atoms with E-state index in [0.29, 0.717) is 31.0 Å². The third kappa shape index (κ3) is 4.14. The minimum atomic E-state index is -0.227. The first-order valence-corrected chi connectivity index (χ1v) is 10.4. The number of benzene rings is 1. The van der Waals surface area contributed by atoms with Gasteiger partial charge < -0.3 is 9.64 Å². The van der Waals surface area contributed by atoms with Crippen LogP contribution < -0.4 is 0 Å². The van der Waals surface area contributed by atoms with Gasteiger partial charge in [-0.1, -0.05) is 29.8 Å². The highest BCUT2D eigenvalue weighted by molar-refractivity contribution is 5.95. The summed E-state index contributed by atoms with van der Waals surface area (Å²) in [6, 6.07) is 8.06. The third-order valence-electron chi connectivity index (χ3n) is 5.51. The Balaban J connectivity index is 1.54. The SMILES string of the molecule is CCn1cc(C(=O)N2C[C@@H](OCc3cccc(C)c3)C[C@H]2c2n[nH]c(C)n2)c(C)n1. The van der Waals surface area contributed by atoms with Crippen molar-refractivity contribution in [3.63, 3.8) is 0 Å². The molecule has 2 aromatic heterocycles. The fraction of sp³-hybridized carbons (Fsp3) is 0.455. The van der Waals surface area contributed by atoms with Crippen LogP contribution in [0.15, 0.2) is 30.5 Å². The number of hydrogen-bond acceptors (Lipinski definition) is 5. The van der Waals surface area contributed by atoms with Gasteiger partial charge in [-0.25, -0.2) is 4.98 Å². The number of carbonyl (C=O) groups excluding carboxylic acids is 1. The molecule has 0 aliphatic carbocycles. The standard InChI is InChI=1S/C22H28N6O2/c1-5-27-12-19(15(3)26-27)22(29)28-11-18(10-20(28)21-23-16(4)24-25-21)30-13-17-8-6-7-14(2)9-17/h6-9,12,18,20H,5,10-11,13H2,1-4H3,(H,23,24,25)/t18-,20-/m0/s1. The molecule has 1 fully saturated rings. The zero-order chi connectivity index (χ0) is 21.3. The fourth-order valence-electron chi connectivity index (χ4n) is 3.96. The Hall–Kier alpha value is -3.00. The van der Waals surface area contributed by atoms with Crippen LogP contribution in [0.4, 0.5) is 0 Å². The first kappa shape index (κ1) is 20.3. The highest BCUT2D eigenvalue weighted by Crippen LogP contribution is 2.34. The molecule has 30 heavy (non-hydrogen) atoms. The van der Waals surface area contributed by atoms with Crippen LogP contribution in [0.25, 0.3) is 0 Å². The second kappa shape index (κ2) is 8.39. The van der Waals surface area contributed by atoms with E-state index in [1.165, 1.54) is 5.56 Å². The average molecular weight is 409 g/mol. The molecule has 0 bridgehead atoms. The van der Waals surface area contributed by atoms with Crippen LogP contribution in [0, 0.1) is 20.8 Å². The number of nitrogens with zero attached hydrogens (tertiary/aromatic N) is 5. The Kier molecular flexibility index (Phi) is 5.67. The molecule has 1 saturated heterocycles. The van der Waals surface area contributed by atoms with E-state index in [1.54, 1.807) is 4.68 Å². The third-order valence-corrected chi connectivity index (χ3v) is 5.51. The first-order valence-electron chi connectivity index (χ1n) is 10.4. The van der Waals surface area contributed by atoms with Gasteiger partial charge in [0.15, 0.2) is 5.82 Å². The van der Waals surface area contributed by atoms with Crippen LogP contribution >= 0.6 is 0 Å². The van der Waals surface area contributed by atoms with Crippen molar-refractivity contribution in [3.05, 3.63) is 64.5 Å². The zero-order valence-electron chi connectivity index (χ0n) is 17.9. The van der Waals surface area contributed by atoms with Gasteiger partial charge in [0.1, 0.15) is 5.82 Å². The van der Waals surface area contributed by atoms with Crippen molar-refractivity contribution in [1.29, 1.82) is 0 Å². The lowest BCUT2D eigenvalue weighted by atomic mass is 10.1. The predicted molar refractivity (Wildman–Crippen MR) is 112 cm³/mol. The smallest absolute Gasteiger partial charge is 0.258 e. The first-order chi connectivity index (χ1) is 14.4. The highest BCUT2D eigenvalue weighted by Gasteiger charge is 2.40. The summed E-state index contributed by atoms with van der Waals surface area (Å²) in [5.74, 6) is 1.31. The summed E-state index contributed by atoms with van der Waals surface area (Å²) in [5, 5.41) is 11.6. The maximum Gasteiger partial charge on any atom is 0.258 e.